The lowest BCUT2D eigenvalue weighted by Gasteiger charge is -2.69. The fourth-order valence-corrected chi connectivity index (χ4v) is 11.0. The maximum Gasteiger partial charge on any atom is 0.407 e. The summed E-state index contributed by atoms with van der Waals surface area (Å²) >= 11 is 0. The van der Waals surface area contributed by atoms with Crippen LogP contribution in [0.1, 0.15) is 126 Å². The number of carbonyl (C=O) groups excluding carboxylic acids is 2. The summed E-state index contributed by atoms with van der Waals surface area (Å²) in [6, 6.07) is 3.78. The zero-order valence-corrected chi connectivity index (χ0v) is 33.9. The van der Waals surface area contributed by atoms with Crippen LogP contribution in [0.2, 0.25) is 0 Å². The van der Waals surface area contributed by atoms with Crippen molar-refractivity contribution in [1.82, 2.24) is 29.6 Å². The lowest BCUT2D eigenvalue weighted by molar-refractivity contribution is -0.247. The van der Waals surface area contributed by atoms with Gasteiger partial charge in [-0.25, -0.2) is 24.4 Å². The number of pyridine rings is 1. The van der Waals surface area contributed by atoms with Crippen molar-refractivity contribution >= 4 is 23.8 Å². The predicted molar refractivity (Wildman–Crippen MR) is 205 cm³/mol. The van der Waals surface area contributed by atoms with E-state index in [2.05, 4.69) is 28.8 Å². The number of rotatable bonds is 10. The summed E-state index contributed by atoms with van der Waals surface area (Å²) in [4.78, 5) is 49.0. The van der Waals surface area contributed by atoms with Gasteiger partial charge in [-0.05, 0) is 115 Å². The molecule has 0 aromatic carbocycles. The third kappa shape index (κ3) is 7.97. The molecule has 8 rings (SSSR count). The minimum Gasteiger partial charge on any atom is -0.476 e. The number of anilines is 1. The standard InChI is InChI=1S/C41H57N7O7/c1-26-28(27-10-11-30(45-31(27)34(51)54-36(2,3)4)46-13-14-47-25-43-32(33(49)50)29(47)17-46)16-44-48(26)24-40-19-38(8)18-39(9,20-40)22-41(21-38,23-40)53-15-12-42-35(52)55-37(5,6)7/h10-11,16,25H,12-15,17-24H2,1-9H3,(H,42,52)(H,49,50). The van der Waals surface area contributed by atoms with Crippen molar-refractivity contribution in [3.63, 3.8) is 0 Å². The summed E-state index contributed by atoms with van der Waals surface area (Å²) < 4.78 is 22.1. The largest absolute Gasteiger partial charge is 0.476 e. The quantitative estimate of drug-likeness (QED) is 0.165. The molecule has 0 radical (unpaired) electrons. The van der Waals surface area contributed by atoms with Crippen LogP contribution in [0.15, 0.2) is 24.7 Å². The zero-order valence-electron chi connectivity index (χ0n) is 33.9. The Morgan fingerprint density at radius 1 is 0.891 bits per heavy atom. The molecule has 1 amide bonds. The number of nitrogens with zero attached hydrogens (tertiary/aromatic N) is 6. The molecule has 298 valence electrons. The van der Waals surface area contributed by atoms with Crippen LogP contribution in [0.3, 0.4) is 0 Å². The van der Waals surface area contributed by atoms with Gasteiger partial charge in [0.25, 0.3) is 0 Å². The summed E-state index contributed by atoms with van der Waals surface area (Å²) in [6.45, 7) is 20.9. The van der Waals surface area contributed by atoms with Gasteiger partial charge < -0.3 is 34.1 Å². The molecule has 2 atom stereocenters. The number of imidazole rings is 1. The Balaban J connectivity index is 1.14. The van der Waals surface area contributed by atoms with Gasteiger partial charge in [0.1, 0.15) is 17.0 Å². The smallest absolute Gasteiger partial charge is 0.407 e. The van der Waals surface area contributed by atoms with Gasteiger partial charge in [0.2, 0.25) is 0 Å². The highest BCUT2D eigenvalue weighted by Crippen LogP contribution is 2.72. The van der Waals surface area contributed by atoms with E-state index in [1.54, 1.807) is 6.33 Å². The van der Waals surface area contributed by atoms with Crippen molar-refractivity contribution in [1.29, 1.82) is 0 Å². The molecule has 14 heteroatoms. The van der Waals surface area contributed by atoms with E-state index in [1.165, 1.54) is 6.42 Å². The van der Waals surface area contributed by atoms with Crippen molar-refractivity contribution < 1.29 is 33.7 Å². The van der Waals surface area contributed by atoms with Gasteiger partial charge in [0.05, 0.1) is 37.0 Å². The van der Waals surface area contributed by atoms with Crippen molar-refractivity contribution in [3.8, 4) is 11.1 Å². The van der Waals surface area contributed by atoms with Gasteiger partial charge in [-0.2, -0.15) is 5.10 Å². The van der Waals surface area contributed by atoms with Crippen LogP contribution < -0.4 is 10.2 Å². The number of carboxylic acid groups (broad SMARTS) is 1. The SMILES string of the molecule is Cc1c(-c2ccc(N3CCn4cnc(C(=O)O)c4C3)nc2C(=O)OC(C)(C)C)cnn1CC12CC3(C)CC(C)(C1)CC(OCCNC(=O)OC(C)(C)C)(C3)C2. The van der Waals surface area contributed by atoms with Gasteiger partial charge in [-0.15, -0.1) is 0 Å². The maximum atomic E-state index is 13.9. The van der Waals surface area contributed by atoms with E-state index in [-0.39, 0.29) is 33.2 Å². The predicted octanol–water partition coefficient (Wildman–Crippen LogP) is 6.78. The molecule has 0 saturated heterocycles. The number of esters is 1. The van der Waals surface area contributed by atoms with E-state index in [1.807, 2.05) is 76.3 Å². The molecule has 2 N–H and O–H groups in total. The molecule has 14 nitrogen and oxygen atoms in total. The van der Waals surface area contributed by atoms with E-state index in [9.17, 15) is 19.5 Å². The van der Waals surface area contributed by atoms with Gasteiger partial charge in [0.15, 0.2) is 11.4 Å². The Labute approximate surface area is 323 Å². The molecule has 4 aliphatic carbocycles. The molecule has 1 aliphatic heterocycles. The van der Waals surface area contributed by atoms with Crippen LogP contribution in [-0.4, -0.2) is 84.0 Å². The molecule has 0 spiro atoms. The van der Waals surface area contributed by atoms with E-state index in [0.717, 1.165) is 49.9 Å². The maximum absolute atomic E-state index is 13.9. The van der Waals surface area contributed by atoms with Gasteiger partial charge in [-0.1, -0.05) is 13.8 Å². The number of alkyl carbamates (subject to hydrolysis) is 1. The molecular weight excluding hydrogens is 702 g/mol. The monoisotopic (exact) mass is 759 g/mol. The second-order valence-electron chi connectivity index (χ2n) is 19.5. The van der Waals surface area contributed by atoms with E-state index in [4.69, 9.17) is 24.3 Å². The number of aromatic carboxylic acids is 1. The Kier molecular flexibility index (Phi) is 9.41. The normalized spacial score (nSPS) is 27.2. The number of carboxylic acids is 1. The fraction of sp³-hybridized carbons (Fsp3) is 0.659. The highest BCUT2D eigenvalue weighted by atomic mass is 16.6. The lowest BCUT2D eigenvalue weighted by Crippen LogP contribution is -2.64. The van der Waals surface area contributed by atoms with Gasteiger partial charge in [-0.3, -0.25) is 4.68 Å². The number of carbonyl (C=O) groups is 3. The molecular formula is C41H57N7O7. The number of hydrogen-bond donors (Lipinski definition) is 2. The minimum absolute atomic E-state index is 0.0198. The average molecular weight is 760 g/mol. The Hall–Kier alpha value is -4.46. The van der Waals surface area contributed by atoms with E-state index < -0.39 is 29.2 Å². The third-order valence-electron chi connectivity index (χ3n) is 11.6. The average Bonchev–Trinajstić information content (AvgIpc) is 3.62. The van der Waals surface area contributed by atoms with Crippen LogP contribution in [-0.2, 0) is 33.8 Å². The highest BCUT2D eigenvalue weighted by molar-refractivity contribution is 5.96. The minimum atomic E-state index is -1.08. The molecule has 4 heterocycles. The van der Waals surface area contributed by atoms with Gasteiger partial charge >= 0.3 is 18.0 Å². The number of nitrogens with one attached hydrogen (secondary N) is 1. The molecule has 5 aliphatic rings. The number of ether oxygens (including phenoxy) is 3. The lowest BCUT2D eigenvalue weighted by atomic mass is 9.39. The van der Waals surface area contributed by atoms with Crippen molar-refractivity contribution in [2.45, 2.75) is 137 Å². The molecule has 4 bridgehead atoms. The van der Waals surface area contributed by atoms with Crippen LogP contribution in [0, 0.1) is 23.2 Å². The van der Waals surface area contributed by atoms with Crippen molar-refractivity contribution in [2.24, 2.45) is 16.2 Å². The zero-order chi connectivity index (χ0) is 39.8. The topological polar surface area (TPSA) is 163 Å². The molecule has 3 aromatic rings. The first-order valence-electron chi connectivity index (χ1n) is 19.5. The molecule has 2 unspecified atom stereocenters. The van der Waals surface area contributed by atoms with E-state index >= 15 is 0 Å². The fourth-order valence-electron chi connectivity index (χ4n) is 11.0. The second kappa shape index (κ2) is 13.3. The number of aromatic nitrogens is 5. The number of amides is 1. The Bertz CT molecular complexity index is 1990. The molecule has 3 aromatic heterocycles. The third-order valence-corrected chi connectivity index (χ3v) is 11.6. The summed E-state index contributed by atoms with van der Waals surface area (Å²) in [7, 11) is 0. The summed E-state index contributed by atoms with van der Waals surface area (Å²) in [5.74, 6) is -1.06. The Morgan fingerprint density at radius 3 is 2.24 bits per heavy atom. The first kappa shape index (κ1) is 38.8. The van der Waals surface area contributed by atoms with Crippen molar-refractivity contribution in [3.05, 3.63) is 47.4 Å². The van der Waals surface area contributed by atoms with Crippen molar-refractivity contribution in [2.75, 3.05) is 24.6 Å². The highest BCUT2D eigenvalue weighted by Gasteiger charge is 2.66. The summed E-state index contributed by atoms with van der Waals surface area (Å²) in [5, 5.41) is 17.5. The number of fused-ring (bicyclic) bond motifs is 1. The van der Waals surface area contributed by atoms with Crippen LogP contribution in [0.4, 0.5) is 10.6 Å². The first-order chi connectivity index (χ1) is 25.6. The van der Waals surface area contributed by atoms with Crippen LogP contribution >= 0.6 is 0 Å². The van der Waals surface area contributed by atoms with Crippen LogP contribution in [0.5, 0.6) is 0 Å². The van der Waals surface area contributed by atoms with Crippen LogP contribution in [0.25, 0.3) is 11.1 Å². The summed E-state index contributed by atoms with van der Waals surface area (Å²) in [5.41, 5.74) is 1.84. The first-order valence-corrected chi connectivity index (χ1v) is 19.5. The van der Waals surface area contributed by atoms with Gasteiger partial charge in [0, 0.05) is 43.0 Å². The van der Waals surface area contributed by atoms with E-state index in [0.29, 0.717) is 49.9 Å². The molecule has 55 heavy (non-hydrogen) atoms. The molecule has 4 fully saturated rings. The molecule has 4 saturated carbocycles. The second-order valence-corrected chi connectivity index (χ2v) is 19.5. The summed E-state index contributed by atoms with van der Waals surface area (Å²) in [6.07, 6.45) is 9.22. The number of hydrogen-bond acceptors (Lipinski definition) is 10. The Morgan fingerprint density at radius 2 is 1.58 bits per heavy atom.